The summed E-state index contributed by atoms with van der Waals surface area (Å²) in [6, 6.07) is 5.68. The van der Waals surface area contributed by atoms with Gasteiger partial charge in [-0.25, -0.2) is 9.18 Å². The first-order valence-electron chi connectivity index (χ1n) is 5.89. The van der Waals surface area contributed by atoms with Crippen molar-refractivity contribution < 1.29 is 18.7 Å². The van der Waals surface area contributed by atoms with Gasteiger partial charge in [0.2, 0.25) is 6.17 Å². The van der Waals surface area contributed by atoms with Gasteiger partial charge in [0.1, 0.15) is 5.75 Å². The first-order valence-corrected chi connectivity index (χ1v) is 5.89. The van der Waals surface area contributed by atoms with Crippen molar-refractivity contribution in [3.8, 4) is 5.75 Å². The van der Waals surface area contributed by atoms with E-state index in [0.29, 0.717) is 17.9 Å². The van der Waals surface area contributed by atoms with Crippen LogP contribution in [0.3, 0.4) is 0 Å². The largest absolute Gasteiger partial charge is 0.494 e. The third kappa shape index (κ3) is 5.04. The number of rotatable bonds is 6. The van der Waals surface area contributed by atoms with Gasteiger partial charge in [-0.1, -0.05) is 12.1 Å². The summed E-state index contributed by atoms with van der Waals surface area (Å²) in [5, 5.41) is 0. The third-order valence-electron chi connectivity index (χ3n) is 2.38. The van der Waals surface area contributed by atoms with E-state index in [1.165, 1.54) is 0 Å². The Balaban J connectivity index is 0.00000324. The molecule has 1 unspecified atom stereocenters. The Kier molecular flexibility index (Phi) is 8.11. The highest BCUT2D eigenvalue weighted by molar-refractivity contribution is 5.85. The molecule has 4 nitrogen and oxygen atoms in total. The smallest absolute Gasteiger partial charge is 0.342 e. The van der Waals surface area contributed by atoms with Gasteiger partial charge in [0.25, 0.3) is 0 Å². The normalized spacial score (nSPS) is 13.1. The molecule has 1 aromatic rings. The monoisotopic (exact) mass is 291 g/mol. The van der Waals surface area contributed by atoms with Gasteiger partial charge in [-0.3, -0.25) is 0 Å². The van der Waals surface area contributed by atoms with Crippen molar-refractivity contribution in [3.63, 3.8) is 0 Å². The number of carbonyl (C=O) groups is 1. The zero-order chi connectivity index (χ0) is 13.5. The Morgan fingerprint density at radius 1 is 1.37 bits per heavy atom. The summed E-state index contributed by atoms with van der Waals surface area (Å²) in [6.45, 7) is 4.11. The van der Waals surface area contributed by atoms with E-state index >= 15 is 0 Å². The van der Waals surface area contributed by atoms with Crippen LogP contribution < -0.4 is 10.5 Å². The molecule has 0 amide bonds. The second kappa shape index (κ2) is 8.72. The molecule has 108 valence electrons. The lowest BCUT2D eigenvalue weighted by atomic mass is 10.0. The molecule has 0 heterocycles. The van der Waals surface area contributed by atoms with E-state index in [2.05, 4.69) is 4.74 Å². The maximum absolute atomic E-state index is 13.7. The molecule has 1 aromatic carbocycles. The molecule has 19 heavy (non-hydrogen) atoms. The van der Waals surface area contributed by atoms with E-state index in [9.17, 15) is 9.18 Å². The highest BCUT2D eigenvalue weighted by Crippen LogP contribution is 2.22. The quantitative estimate of drug-likeness (QED) is 0.818. The third-order valence-corrected chi connectivity index (χ3v) is 2.38. The molecular formula is C13H19ClFNO3. The van der Waals surface area contributed by atoms with E-state index in [1.54, 1.807) is 31.2 Å². The van der Waals surface area contributed by atoms with Gasteiger partial charge in [-0.05, 0) is 31.5 Å². The molecule has 0 bridgehead atoms. The molecular weight excluding hydrogens is 273 g/mol. The van der Waals surface area contributed by atoms with Crippen molar-refractivity contribution in [2.24, 2.45) is 5.73 Å². The van der Waals surface area contributed by atoms with E-state index in [4.69, 9.17) is 10.5 Å². The molecule has 0 spiro atoms. The molecule has 2 N–H and O–H groups in total. The Bertz CT molecular complexity index is 403. The maximum Gasteiger partial charge on any atom is 0.342 e. The number of hydrogen-bond donors (Lipinski definition) is 1. The fourth-order valence-electron chi connectivity index (χ4n) is 1.52. The molecule has 0 saturated carbocycles. The maximum atomic E-state index is 13.7. The highest BCUT2D eigenvalue weighted by Gasteiger charge is 2.27. The van der Waals surface area contributed by atoms with Gasteiger partial charge >= 0.3 is 5.97 Å². The van der Waals surface area contributed by atoms with Crippen molar-refractivity contribution in [2.75, 3.05) is 13.2 Å². The van der Waals surface area contributed by atoms with Gasteiger partial charge in [0.05, 0.1) is 19.3 Å². The molecule has 0 fully saturated rings. The molecule has 0 aliphatic heterocycles. The van der Waals surface area contributed by atoms with Crippen molar-refractivity contribution in [2.45, 2.75) is 26.1 Å². The van der Waals surface area contributed by atoms with Gasteiger partial charge in [0.15, 0.2) is 0 Å². The first-order chi connectivity index (χ1) is 8.60. The van der Waals surface area contributed by atoms with Gasteiger partial charge in [-0.15, -0.1) is 12.4 Å². The number of alkyl halides is 1. The fraction of sp³-hybridized carbons (Fsp3) is 0.462. The zero-order valence-electron chi connectivity index (χ0n) is 11.0. The average Bonchev–Trinajstić information content (AvgIpc) is 2.38. The molecule has 0 radical (unpaired) electrons. The van der Waals surface area contributed by atoms with Crippen LogP contribution in [0.5, 0.6) is 5.75 Å². The number of benzene rings is 1. The highest BCUT2D eigenvalue weighted by atomic mass is 35.5. The minimum Gasteiger partial charge on any atom is -0.494 e. The summed E-state index contributed by atoms with van der Waals surface area (Å²) in [4.78, 5) is 11.3. The lowest BCUT2D eigenvalue weighted by Crippen LogP contribution is -2.31. The van der Waals surface area contributed by atoms with Crippen LogP contribution >= 0.6 is 12.4 Å². The Labute approximate surface area is 118 Å². The Hall–Kier alpha value is -1.33. The van der Waals surface area contributed by atoms with Crippen LogP contribution in [0.25, 0.3) is 0 Å². The van der Waals surface area contributed by atoms with Crippen LogP contribution in [0.15, 0.2) is 24.3 Å². The summed E-state index contributed by atoms with van der Waals surface area (Å²) in [6.07, 6.45) is -1.87. The summed E-state index contributed by atoms with van der Waals surface area (Å²) < 4.78 is 23.6. The predicted octanol–water partition coefficient (Wildman–Crippen LogP) is 2.41. The van der Waals surface area contributed by atoms with Gasteiger partial charge < -0.3 is 15.2 Å². The lowest BCUT2D eigenvalue weighted by molar-refractivity contribution is -0.149. The average molecular weight is 292 g/mol. The second-order valence-corrected chi connectivity index (χ2v) is 3.69. The van der Waals surface area contributed by atoms with Gasteiger partial charge in [0, 0.05) is 0 Å². The number of halogens is 2. The summed E-state index contributed by atoms with van der Waals surface area (Å²) in [5.41, 5.74) is 6.20. The summed E-state index contributed by atoms with van der Waals surface area (Å²) >= 11 is 0. The van der Waals surface area contributed by atoms with Crippen molar-refractivity contribution in [1.82, 2.24) is 0 Å². The minimum atomic E-state index is -1.87. The van der Waals surface area contributed by atoms with Crippen LogP contribution in [0.4, 0.5) is 4.39 Å². The molecule has 2 atom stereocenters. The SMILES string of the molecule is CCOC(=O)C(F)[C@@H](N)c1cccc(OCC)c1.Cl. The number of hydrogen-bond acceptors (Lipinski definition) is 4. The zero-order valence-corrected chi connectivity index (χ0v) is 11.8. The second-order valence-electron chi connectivity index (χ2n) is 3.69. The fourth-order valence-corrected chi connectivity index (χ4v) is 1.52. The predicted molar refractivity (Wildman–Crippen MR) is 73.3 cm³/mol. The summed E-state index contributed by atoms with van der Waals surface area (Å²) in [5.74, 6) is -0.340. The van der Waals surface area contributed by atoms with Crippen LogP contribution in [0, 0.1) is 0 Å². The molecule has 0 aromatic heterocycles. The van der Waals surface area contributed by atoms with E-state index < -0.39 is 18.2 Å². The standard InChI is InChI=1S/C13H18FNO3.ClH/c1-3-17-10-7-5-6-9(8-10)12(15)11(14)13(16)18-4-2;/h5-8,11-12H,3-4,15H2,1-2H3;1H/t11?,12-;/m0./s1. The van der Waals surface area contributed by atoms with E-state index in [1.807, 2.05) is 6.92 Å². The molecule has 6 heteroatoms. The number of carbonyl (C=O) groups excluding carboxylic acids is 1. The molecule has 0 aliphatic rings. The van der Waals surface area contributed by atoms with Crippen LogP contribution in [-0.4, -0.2) is 25.4 Å². The Morgan fingerprint density at radius 3 is 2.63 bits per heavy atom. The van der Waals surface area contributed by atoms with E-state index in [0.717, 1.165) is 0 Å². The van der Waals surface area contributed by atoms with Gasteiger partial charge in [-0.2, -0.15) is 0 Å². The van der Waals surface area contributed by atoms with Crippen LogP contribution in [0.1, 0.15) is 25.5 Å². The summed E-state index contributed by atoms with van der Waals surface area (Å²) in [7, 11) is 0. The minimum absolute atomic E-state index is 0. The van der Waals surface area contributed by atoms with Crippen molar-refractivity contribution in [3.05, 3.63) is 29.8 Å². The Morgan fingerprint density at radius 2 is 2.05 bits per heavy atom. The van der Waals surface area contributed by atoms with Crippen molar-refractivity contribution >= 4 is 18.4 Å². The first kappa shape index (κ1) is 17.7. The number of nitrogens with two attached hydrogens (primary N) is 1. The van der Waals surface area contributed by atoms with E-state index in [-0.39, 0.29) is 19.0 Å². The van der Waals surface area contributed by atoms with Crippen LogP contribution in [-0.2, 0) is 9.53 Å². The van der Waals surface area contributed by atoms with Crippen LogP contribution in [0.2, 0.25) is 0 Å². The number of esters is 1. The molecule has 0 aliphatic carbocycles. The lowest BCUT2D eigenvalue weighted by Gasteiger charge is -2.16. The molecule has 1 rings (SSSR count). The van der Waals surface area contributed by atoms with Crippen molar-refractivity contribution in [1.29, 1.82) is 0 Å². The topological polar surface area (TPSA) is 61.5 Å². The molecule has 0 saturated heterocycles. The number of ether oxygens (including phenoxy) is 2.